The Hall–Kier alpha value is -1.36. The van der Waals surface area contributed by atoms with E-state index in [-0.39, 0.29) is 30.3 Å². The molecule has 0 unspecified atom stereocenters. The fourth-order valence-electron chi connectivity index (χ4n) is 1.94. The molecule has 1 rings (SSSR count). The van der Waals surface area contributed by atoms with Gasteiger partial charge in [-0.05, 0) is 19.9 Å². The summed E-state index contributed by atoms with van der Waals surface area (Å²) in [7, 11) is 0. The van der Waals surface area contributed by atoms with Crippen LogP contribution in [0.4, 0.5) is 0 Å². The Kier molecular flexibility index (Phi) is 5.34. The maximum absolute atomic E-state index is 11.0. The molecule has 0 radical (unpaired) electrons. The number of rotatable bonds is 4. The van der Waals surface area contributed by atoms with Crippen LogP contribution in [-0.2, 0) is 23.8 Å². The lowest BCUT2D eigenvalue weighted by Crippen LogP contribution is -2.39. The number of esters is 2. The van der Waals surface area contributed by atoms with Gasteiger partial charge in [0.25, 0.3) is 0 Å². The first-order valence-corrected chi connectivity index (χ1v) is 6.06. The van der Waals surface area contributed by atoms with Crippen molar-refractivity contribution in [1.82, 2.24) is 0 Å². The summed E-state index contributed by atoms with van der Waals surface area (Å²) in [6, 6.07) is 0. The summed E-state index contributed by atoms with van der Waals surface area (Å²) in [5, 5.41) is 0. The first-order valence-electron chi connectivity index (χ1n) is 6.06. The predicted molar refractivity (Wildman–Crippen MR) is 64.9 cm³/mol. The molecule has 1 heterocycles. The van der Waals surface area contributed by atoms with Crippen molar-refractivity contribution >= 4 is 11.9 Å². The van der Waals surface area contributed by atoms with Crippen LogP contribution < -0.4 is 0 Å². The van der Waals surface area contributed by atoms with Gasteiger partial charge in [-0.3, -0.25) is 9.59 Å². The maximum atomic E-state index is 11.0. The summed E-state index contributed by atoms with van der Waals surface area (Å²) in [6.07, 6.45) is 3.14. The Balaban J connectivity index is 2.61. The minimum atomic E-state index is -0.420. The normalized spacial score (nSPS) is 28.6. The molecule has 0 bridgehead atoms. The molecule has 0 aromatic heterocycles. The standard InChI is InChI=1S/C13H20O5/c1-8-5-6-12(18-11(4)15)13(17-8)7-9(2)16-10(3)14/h5-6,8-9,12-13H,7H2,1-4H3/t8-,9-,12+,13+/m1/s1. The summed E-state index contributed by atoms with van der Waals surface area (Å²) >= 11 is 0. The van der Waals surface area contributed by atoms with Crippen molar-refractivity contribution < 1.29 is 23.8 Å². The van der Waals surface area contributed by atoms with Gasteiger partial charge in [-0.15, -0.1) is 0 Å². The van der Waals surface area contributed by atoms with E-state index in [9.17, 15) is 9.59 Å². The monoisotopic (exact) mass is 256 g/mol. The summed E-state index contributed by atoms with van der Waals surface area (Å²) in [4.78, 5) is 21.9. The summed E-state index contributed by atoms with van der Waals surface area (Å²) in [5.74, 6) is -0.682. The second kappa shape index (κ2) is 6.54. The van der Waals surface area contributed by atoms with Gasteiger partial charge in [0.2, 0.25) is 0 Å². The molecule has 0 N–H and O–H groups in total. The highest BCUT2D eigenvalue weighted by atomic mass is 16.6. The molecule has 0 amide bonds. The average Bonchev–Trinajstić information content (AvgIpc) is 2.20. The van der Waals surface area contributed by atoms with Crippen LogP contribution in [0.25, 0.3) is 0 Å². The van der Waals surface area contributed by atoms with Crippen LogP contribution in [0.3, 0.4) is 0 Å². The number of carbonyl (C=O) groups is 2. The van der Waals surface area contributed by atoms with E-state index in [1.54, 1.807) is 6.92 Å². The van der Waals surface area contributed by atoms with E-state index in [2.05, 4.69) is 0 Å². The third-order valence-electron chi connectivity index (χ3n) is 2.56. The minimum Gasteiger partial charge on any atom is -0.463 e. The van der Waals surface area contributed by atoms with E-state index in [0.717, 1.165) is 0 Å². The van der Waals surface area contributed by atoms with Crippen LogP contribution in [0, 0.1) is 0 Å². The molecule has 4 atom stereocenters. The Morgan fingerprint density at radius 1 is 1.28 bits per heavy atom. The van der Waals surface area contributed by atoms with Gasteiger partial charge in [0, 0.05) is 20.3 Å². The summed E-state index contributed by atoms with van der Waals surface area (Å²) in [6.45, 7) is 6.42. The van der Waals surface area contributed by atoms with Crippen LogP contribution in [0.1, 0.15) is 34.1 Å². The zero-order valence-corrected chi connectivity index (χ0v) is 11.2. The van der Waals surface area contributed by atoms with E-state index in [1.807, 2.05) is 19.1 Å². The van der Waals surface area contributed by atoms with Crippen molar-refractivity contribution in [3.05, 3.63) is 12.2 Å². The van der Waals surface area contributed by atoms with Crippen LogP contribution in [0.2, 0.25) is 0 Å². The zero-order valence-electron chi connectivity index (χ0n) is 11.2. The number of ether oxygens (including phenoxy) is 3. The first-order chi connectivity index (χ1) is 8.38. The molecule has 1 aliphatic heterocycles. The molecule has 18 heavy (non-hydrogen) atoms. The highest BCUT2D eigenvalue weighted by Gasteiger charge is 2.30. The molecular weight excluding hydrogens is 236 g/mol. The summed E-state index contributed by atoms with van der Waals surface area (Å²) in [5.41, 5.74) is 0. The highest BCUT2D eigenvalue weighted by molar-refractivity contribution is 5.66. The van der Waals surface area contributed by atoms with Gasteiger partial charge in [0.05, 0.1) is 6.10 Å². The Morgan fingerprint density at radius 2 is 1.94 bits per heavy atom. The van der Waals surface area contributed by atoms with Gasteiger partial charge in [-0.1, -0.05) is 6.08 Å². The van der Waals surface area contributed by atoms with Crippen molar-refractivity contribution in [2.45, 2.75) is 58.5 Å². The lowest BCUT2D eigenvalue weighted by atomic mass is 10.0. The number of hydrogen-bond donors (Lipinski definition) is 0. The SMILES string of the molecule is CC(=O)O[C@H](C)C[C@@H]1O[C@H](C)C=C[C@@H]1OC(C)=O. The maximum Gasteiger partial charge on any atom is 0.303 e. The van der Waals surface area contributed by atoms with Crippen molar-refractivity contribution in [3.8, 4) is 0 Å². The van der Waals surface area contributed by atoms with Crippen LogP contribution >= 0.6 is 0 Å². The van der Waals surface area contributed by atoms with Crippen molar-refractivity contribution in [3.63, 3.8) is 0 Å². The molecule has 0 fully saturated rings. The fraction of sp³-hybridized carbons (Fsp3) is 0.692. The lowest BCUT2D eigenvalue weighted by molar-refractivity contribution is -0.160. The van der Waals surface area contributed by atoms with Gasteiger partial charge in [0.15, 0.2) is 0 Å². The molecule has 1 aliphatic rings. The molecule has 0 aliphatic carbocycles. The first kappa shape index (κ1) is 14.7. The molecule has 0 saturated carbocycles. The molecule has 0 spiro atoms. The molecule has 0 aromatic carbocycles. The number of carbonyl (C=O) groups excluding carboxylic acids is 2. The third kappa shape index (κ3) is 4.87. The topological polar surface area (TPSA) is 61.8 Å². The van der Waals surface area contributed by atoms with Gasteiger partial charge >= 0.3 is 11.9 Å². The quantitative estimate of drug-likeness (QED) is 0.565. The highest BCUT2D eigenvalue weighted by Crippen LogP contribution is 2.21. The zero-order chi connectivity index (χ0) is 13.7. The van der Waals surface area contributed by atoms with Crippen LogP contribution in [0.5, 0.6) is 0 Å². The van der Waals surface area contributed by atoms with E-state index in [1.165, 1.54) is 13.8 Å². The van der Waals surface area contributed by atoms with Gasteiger partial charge in [-0.25, -0.2) is 0 Å². The predicted octanol–water partition coefficient (Wildman–Crippen LogP) is 1.60. The molecule has 0 saturated heterocycles. The fourth-order valence-corrected chi connectivity index (χ4v) is 1.94. The summed E-state index contributed by atoms with van der Waals surface area (Å²) < 4.78 is 15.9. The Bertz CT molecular complexity index is 336. The minimum absolute atomic E-state index is 0.0358. The largest absolute Gasteiger partial charge is 0.463 e. The lowest BCUT2D eigenvalue weighted by Gasteiger charge is -2.31. The smallest absolute Gasteiger partial charge is 0.303 e. The second-order valence-electron chi connectivity index (χ2n) is 4.49. The van der Waals surface area contributed by atoms with Gasteiger partial charge in [-0.2, -0.15) is 0 Å². The van der Waals surface area contributed by atoms with Crippen LogP contribution in [0.15, 0.2) is 12.2 Å². The number of hydrogen-bond acceptors (Lipinski definition) is 5. The van der Waals surface area contributed by atoms with E-state index in [0.29, 0.717) is 6.42 Å². The van der Waals surface area contributed by atoms with E-state index >= 15 is 0 Å². The average molecular weight is 256 g/mol. The van der Waals surface area contributed by atoms with Crippen molar-refractivity contribution in [2.24, 2.45) is 0 Å². The molecule has 102 valence electrons. The molecule has 0 aromatic rings. The van der Waals surface area contributed by atoms with E-state index in [4.69, 9.17) is 14.2 Å². The third-order valence-corrected chi connectivity index (χ3v) is 2.56. The van der Waals surface area contributed by atoms with Gasteiger partial charge < -0.3 is 14.2 Å². The van der Waals surface area contributed by atoms with Gasteiger partial charge in [0.1, 0.15) is 18.3 Å². The van der Waals surface area contributed by atoms with E-state index < -0.39 is 6.10 Å². The second-order valence-corrected chi connectivity index (χ2v) is 4.49. The molecule has 5 heteroatoms. The Morgan fingerprint density at radius 3 is 2.50 bits per heavy atom. The van der Waals surface area contributed by atoms with Crippen molar-refractivity contribution in [2.75, 3.05) is 0 Å². The molecule has 5 nitrogen and oxygen atoms in total. The Labute approximate surface area is 107 Å². The molecular formula is C13H20O5. The van der Waals surface area contributed by atoms with Crippen molar-refractivity contribution in [1.29, 1.82) is 0 Å². The van der Waals surface area contributed by atoms with Crippen LogP contribution in [-0.4, -0.2) is 36.4 Å².